The fraction of sp³-hybridized carbons (Fsp3) is 0.545. The van der Waals surface area contributed by atoms with Crippen molar-refractivity contribution >= 4 is 0 Å². The third kappa shape index (κ3) is 3.41. The molecule has 0 N–H and O–H groups in total. The van der Waals surface area contributed by atoms with Crippen molar-refractivity contribution in [2.75, 3.05) is 0 Å². The van der Waals surface area contributed by atoms with Crippen LogP contribution in [-0.2, 0) is 0 Å². The van der Waals surface area contributed by atoms with E-state index in [2.05, 4.69) is 25.2 Å². The fourth-order valence-corrected chi connectivity index (χ4v) is 1.57. The summed E-state index contributed by atoms with van der Waals surface area (Å²) >= 11 is 0. The fourth-order valence-electron chi connectivity index (χ4n) is 1.57. The van der Waals surface area contributed by atoms with Crippen LogP contribution in [0.25, 0.3) is 0 Å². The van der Waals surface area contributed by atoms with E-state index in [9.17, 15) is 0 Å². The van der Waals surface area contributed by atoms with Crippen LogP contribution in [0, 0.1) is 12.3 Å². The minimum absolute atomic E-state index is 0.789. The van der Waals surface area contributed by atoms with Crippen LogP contribution < -0.4 is 0 Å². The Balaban J connectivity index is 2.29. The van der Waals surface area contributed by atoms with Gasteiger partial charge in [-0.15, -0.1) is 6.58 Å². The highest BCUT2D eigenvalue weighted by atomic mass is 14.1. The van der Waals surface area contributed by atoms with E-state index in [1.54, 1.807) is 0 Å². The van der Waals surface area contributed by atoms with Crippen LogP contribution >= 0.6 is 0 Å². The van der Waals surface area contributed by atoms with Crippen LogP contribution in [0.2, 0.25) is 0 Å². The van der Waals surface area contributed by atoms with Crippen molar-refractivity contribution in [3.05, 3.63) is 31.2 Å². The Hall–Kier alpha value is -0.520. The molecule has 0 fully saturated rings. The molecule has 0 aliphatic heterocycles. The standard InChI is InChI=1S/C11H17/c1-2-8-11-9-6-4-3-5-7-10-11/h2-4,8,11H,1,5-7,9-10H2/b4-3-. The molecule has 0 bridgehead atoms. The Morgan fingerprint density at radius 1 is 1.18 bits per heavy atom. The Bertz CT molecular complexity index is 133. The van der Waals surface area contributed by atoms with Gasteiger partial charge >= 0.3 is 0 Å². The highest BCUT2D eigenvalue weighted by Crippen LogP contribution is 2.20. The van der Waals surface area contributed by atoms with Crippen LogP contribution in [0.15, 0.2) is 24.8 Å². The van der Waals surface area contributed by atoms with Gasteiger partial charge in [-0.25, -0.2) is 0 Å². The predicted molar refractivity (Wildman–Crippen MR) is 50.2 cm³/mol. The molecule has 61 valence electrons. The molecule has 0 amide bonds. The summed E-state index contributed by atoms with van der Waals surface area (Å²) in [4.78, 5) is 0. The molecule has 1 unspecified atom stereocenters. The number of rotatable bonds is 2. The third-order valence-corrected chi connectivity index (χ3v) is 2.22. The second kappa shape index (κ2) is 5.17. The SMILES string of the molecule is C=C[CH]C1CC/C=C\CCC1. The summed E-state index contributed by atoms with van der Waals surface area (Å²) < 4.78 is 0. The lowest BCUT2D eigenvalue weighted by Gasteiger charge is -2.14. The predicted octanol–water partition coefficient (Wildman–Crippen LogP) is 3.51. The average molecular weight is 149 g/mol. The zero-order valence-corrected chi connectivity index (χ0v) is 7.13. The molecule has 1 atom stereocenters. The molecule has 1 aliphatic rings. The van der Waals surface area contributed by atoms with Crippen LogP contribution in [0.3, 0.4) is 0 Å². The van der Waals surface area contributed by atoms with Gasteiger partial charge in [0.1, 0.15) is 0 Å². The van der Waals surface area contributed by atoms with Crippen LogP contribution in [0.4, 0.5) is 0 Å². The summed E-state index contributed by atoms with van der Waals surface area (Å²) in [6, 6.07) is 0. The summed E-state index contributed by atoms with van der Waals surface area (Å²) in [5.74, 6) is 0.789. The van der Waals surface area contributed by atoms with E-state index in [1.165, 1.54) is 32.1 Å². The summed E-state index contributed by atoms with van der Waals surface area (Å²) in [5, 5.41) is 0. The molecule has 0 spiro atoms. The Morgan fingerprint density at radius 3 is 2.82 bits per heavy atom. The zero-order valence-electron chi connectivity index (χ0n) is 7.13. The lowest BCUT2D eigenvalue weighted by molar-refractivity contribution is 0.500. The van der Waals surface area contributed by atoms with E-state index in [-0.39, 0.29) is 0 Å². The van der Waals surface area contributed by atoms with E-state index >= 15 is 0 Å². The Kier molecular flexibility index (Phi) is 4.03. The summed E-state index contributed by atoms with van der Waals surface area (Å²) in [5.41, 5.74) is 0. The van der Waals surface area contributed by atoms with Crippen molar-refractivity contribution in [1.82, 2.24) is 0 Å². The lowest BCUT2D eigenvalue weighted by atomic mass is 9.91. The van der Waals surface area contributed by atoms with Crippen molar-refractivity contribution in [3.63, 3.8) is 0 Å². The van der Waals surface area contributed by atoms with Crippen molar-refractivity contribution in [2.24, 2.45) is 5.92 Å². The maximum atomic E-state index is 3.74. The normalized spacial score (nSPS) is 28.5. The van der Waals surface area contributed by atoms with Gasteiger partial charge in [-0.3, -0.25) is 0 Å². The number of hydrogen-bond donors (Lipinski definition) is 0. The average Bonchev–Trinajstić information content (AvgIpc) is 1.94. The first-order chi connectivity index (χ1) is 5.43. The Labute approximate surface area is 70.0 Å². The maximum Gasteiger partial charge on any atom is -0.0142 e. The minimum atomic E-state index is 0.789. The molecule has 0 heteroatoms. The maximum absolute atomic E-state index is 3.74. The number of hydrogen-bond acceptors (Lipinski definition) is 0. The highest BCUT2D eigenvalue weighted by molar-refractivity contribution is 4.95. The first-order valence-electron chi connectivity index (χ1n) is 4.54. The number of allylic oxidation sites excluding steroid dienone is 3. The lowest BCUT2D eigenvalue weighted by Crippen LogP contribution is -2.00. The molecular weight excluding hydrogens is 132 g/mol. The van der Waals surface area contributed by atoms with Gasteiger partial charge in [0.2, 0.25) is 0 Å². The van der Waals surface area contributed by atoms with Crippen molar-refractivity contribution in [3.8, 4) is 0 Å². The molecule has 0 aromatic rings. The van der Waals surface area contributed by atoms with Gasteiger partial charge in [0.15, 0.2) is 0 Å². The van der Waals surface area contributed by atoms with E-state index in [0.717, 1.165) is 5.92 Å². The van der Waals surface area contributed by atoms with E-state index in [4.69, 9.17) is 0 Å². The van der Waals surface area contributed by atoms with Gasteiger partial charge < -0.3 is 0 Å². The van der Waals surface area contributed by atoms with Crippen LogP contribution in [0.5, 0.6) is 0 Å². The molecule has 1 aliphatic carbocycles. The quantitative estimate of drug-likeness (QED) is 0.527. The van der Waals surface area contributed by atoms with Gasteiger partial charge in [0.25, 0.3) is 0 Å². The van der Waals surface area contributed by atoms with E-state index in [0.29, 0.717) is 0 Å². The first kappa shape index (κ1) is 8.58. The van der Waals surface area contributed by atoms with Crippen LogP contribution in [-0.4, -0.2) is 0 Å². The van der Waals surface area contributed by atoms with E-state index < -0.39 is 0 Å². The van der Waals surface area contributed by atoms with E-state index in [1.807, 2.05) is 6.08 Å². The summed E-state index contributed by atoms with van der Waals surface area (Å²) in [6.07, 6.45) is 15.3. The smallest absolute Gasteiger partial charge is 0.0142 e. The highest BCUT2D eigenvalue weighted by Gasteiger charge is 2.06. The molecule has 0 saturated carbocycles. The minimum Gasteiger partial charge on any atom is -0.103 e. The molecular formula is C11H17. The summed E-state index contributed by atoms with van der Waals surface area (Å²) in [6.45, 7) is 3.74. The van der Waals surface area contributed by atoms with Crippen molar-refractivity contribution in [1.29, 1.82) is 0 Å². The molecule has 0 saturated heterocycles. The van der Waals surface area contributed by atoms with Crippen molar-refractivity contribution in [2.45, 2.75) is 32.1 Å². The van der Waals surface area contributed by atoms with Crippen molar-refractivity contribution < 1.29 is 0 Å². The largest absolute Gasteiger partial charge is 0.103 e. The topological polar surface area (TPSA) is 0 Å². The zero-order chi connectivity index (χ0) is 7.94. The molecule has 0 aromatic heterocycles. The molecule has 1 rings (SSSR count). The van der Waals surface area contributed by atoms with Gasteiger partial charge in [-0.2, -0.15) is 0 Å². The van der Waals surface area contributed by atoms with Gasteiger partial charge in [0, 0.05) is 0 Å². The van der Waals surface area contributed by atoms with Gasteiger partial charge in [0.05, 0.1) is 0 Å². The second-order valence-electron chi connectivity index (χ2n) is 3.17. The van der Waals surface area contributed by atoms with Gasteiger partial charge in [-0.1, -0.05) is 18.2 Å². The monoisotopic (exact) mass is 149 g/mol. The van der Waals surface area contributed by atoms with Crippen LogP contribution in [0.1, 0.15) is 32.1 Å². The molecule has 0 nitrogen and oxygen atoms in total. The molecule has 0 aromatic carbocycles. The summed E-state index contributed by atoms with van der Waals surface area (Å²) in [7, 11) is 0. The Morgan fingerprint density at radius 2 is 2.00 bits per heavy atom. The third-order valence-electron chi connectivity index (χ3n) is 2.22. The van der Waals surface area contributed by atoms with Gasteiger partial charge in [-0.05, 0) is 44.4 Å². The first-order valence-corrected chi connectivity index (χ1v) is 4.54. The molecule has 0 heterocycles. The molecule has 1 radical (unpaired) electrons. The molecule has 11 heavy (non-hydrogen) atoms. The second-order valence-corrected chi connectivity index (χ2v) is 3.17.